The minimum atomic E-state index is -0.324. The fraction of sp³-hybridized carbons (Fsp3) is 0.0714. The third-order valence-corrected chi connectivity index (χ3v) is 2.49. The van der Waals surface area contributed by atoms with Crippen LogP contribution in [0.5, 0.6) is 0 Å². The summed E-state index contributed by atoms with van der Waals surface area (Å²) in [5.41, 5.74) is 1.96. The van der Waals surface area contributed by atoms with Gasteiger partial charge in [-0.2, -0.15) is 0 Å². The molecule has 84 valence electrons. The van der Waals surface area contributed by atoms with Crippen LogP contribution < -0.4 is 10.9 Å². The van der Waals surface area contributed by atoms with Gasteiger partial charge in [0, 0.05) is 6.92 Å². The molecular formula is C14H13BO2. The van der Waals surface area contributed by atoms with Crippen LogP contribution >= 0.6 is 0 Å². The summed E-state index contributed by atoms with van der Waals surface area (Å²) in [5.74, 6) is -0.275. The largest absolute Gasteiger partial charge is 0.526 e. The Hall–Kier alpha value is -2.03. The normalized spacial score (nSPS) is 9.71. The maximum absolute atomic E-state index is 11.2. The van der Waals surface area contributed by atoms with Crippen molar-refractivity contribution in [3.05, 3.63) is 60.7 Å². The first-order valence-corrected chi connectivity index (χ1v) is 5.54. The zero-order chi connectivity index (χ0) is 12.1. The Labute approximate surface area is 101 Å². The van der Waals surface area contributed by atoms with E-state index >= 15 is 0 Å². The number of carbonyl (C=O) groups is 1. The highest BCUT2D eigenvalue weighted by Crippen LogP contribution is 1.95. The quantitative estimate of drug-likeness (QED) is 0.735. The van der Waals surface area contributed by atoms with Crippen molar-refractivity contribution in [3.63, 3.8) is 0 Å². The molecule has 2 aromatic rings. The Balaban J connectivity index is 2.36. The fourth-order valence-corrected chi connectivity index (χ4v) is 1.75. The Kier molecular flexibility index (Phi) is 3.60. The first kappa shape index (κ1) is 11.5. The van der Waals surface area contributed by atoms with Gasteiger partial charge >= 0.3 is 6.92 Å². The molecule has 0 heterocycles. The van der Waals surface area contributed by atoms with Crippen molar-refractivity contribution in [2.75, 3.05) is 0 Å². The molecule has 0 amide bonds. The van der Waals surface area contributed by atoms with Gasteiger partial charge in [-0.15, -0.1) is 0 Å². The molecule has 0 aromatic heterocycles. The topological polar surface area (TPSA) is 26.3 Å². The molecule has 0 unspecified atom stereocenters. The summed E-state index contributed by atoms with van der Waals surface area (Å²) in [6.07, 6.45) is 0. The molecule has 0 saturated heterocycles. The number of benzene rings is 2. The highest BCUT2D eigenvalue weighted by Gasteiger charge is 2.23. The van der Waals surface area contributed by atoms with Crippen LogP contribution in [0.25, 0.3) is 0 Å². The lowest BCUT2D eigenvalue weighted by Gasteiger charge is -2.13. The molecule has 3 heteroatoms. The van der Waals surface area contributed by atoms with Crippen LogP contribution in [0.1, 0.15) is 6.92 Å². The van der Waals surface area contributed by atoms with E-state index in [9.17, 15) is 4.79 Å². The van der Waals surface area contributed by atoms with Gasteiger partial charge in [0.2, 0.25) is 0 Å². The fourth-order valence-electron chi connectivity index (χ4n) is 1.75. The van der Waals surface area contributed by atoms with Crippen LogP contribution in [0, 0.1) is 0 Å². The maximum atomic E-state index is 11.2. The lowest BCUT2D eigenvalue weighted by atomic mass is 9.55. The van der Waals surface area contributed by atoms with Crippen molar-refractivity contribution in [3.8, 4) is 0 Å². The lowest BCUT2D eigenvalue weighted by molar-refractivity contribution is -0.132. The van der Waals surface area contributed by atoms with Crippen molar-refractivity contribution in [2.45, 2.75) is 6.92 Å². The van der Waals surface area contributed by atoms with E-state index in [-0.39, 0.29) is 12.9 Å². The minimum absolute atomic E-state index is 0.275. The summed E-state index contributed by atoms with van der Waals surface area (Å²) in [6.45, 7) is 1.11. The van der Waals surface area contributed by atoms with E-state index in [1.807, 2.05) is 60.7 Å². The summed E-state index contributed by atoms with van der Waals surface area (Å²) >= 11 is 0. The molecule has 0 atom stereocenters. The van der Waals surface area contributed by atoms with Gasteiger partial charge < -0.3 is 4.65 Å². The Bertz CT molecular complexity index is 443. The van der Waals surface area contributed by atoms with Crippen molar-refractivity contribution in [1.29, 1.82) is 0 Å². The third kappa shape index (κ3) is 2.97. The molecule has 17 heavy (non-hydrogen) atoms. The third-order valence-electron chi connectivity index (χ3n) is 2.49. The minimum Gasteiger partial charge on any atom is -0.526 e. The van der Waals surface area contributed by atoms with Gasteiger partial charge in [-0.1, -0.05) is 60.7 Å². The summed E-state index contributed by atoms with van der Waals surface area (Å²) < 4.78 is 5.38. The molecule has 0 fully saturated rings. The second kappa shape index (κ2) is 5.35. The molecule has 0 bridgehead atoms. The van der Waals surface area contributed by atoms with Crippen molar-refractivity contribution >= 4 is 23.8 Å². The lowest BCUT2D eigenvalue weighted by Crippen LogP contribution is -2.45. The molecule has 2 aromatic carbocycles. The molecule has 0 radical (unpaired) electrons. The van der Waals surface area contributed by atoms with Crippen LogP contribution in [-0.4, -0.2) is 12.9 Å². The van der Waals surface area contributed by atoms with Gasteiger partial charge in [0.1, 0.15) is 0 Å². The monoisotopic (exact) mass is 224 g/mol. The Morgan fingerprint density at radius 1 is 0.882 bits per heavy atom. The van der Waals surface area contributed by atoms with Crippen LogP contribution in [0.15, 0.2) is 60.7 Å². The second-order valence-corrected chi connectivity index (χ2v) is 3.81. The summed E-state index contributed by atoms with van der Waals surface area (Å²) in [7, 11) is 0. The molecule has 0 N–H and O–H groups in total. The first-order chi connectivity index (χ1) is 8.27. The smallest absolute Gasteiger partial charge is 0.429 e. The van der Waals surface area contributed by atoms with Crippen molar-refractivity contribution in [1.82, 2.24) is 0 Å². The molecular weight excluding hydrogens is 211 g/mol. The van der Waals surface area contributed by atoms with Gasteiger partial charge in [-0.05, 0) is 10.9 Å². The number of carbonyl (C=O) groups excluding carboxylic acids is 1. The molecule has 0 aliphatic heterocycles. The van der Waals surface area contributed by atoms with E-state index in [2.05, 4.69) is 0 Å². The maximum Gasteiger partial charge on any atom is 0.429 e. The number of rotatable bonds is 3. The van der Waals surface area contributed by atoms with E-state index in [0.29, 0.717) is 0 Å². The van der Waals surface area contributed by atoms with Gasteiger partial charge in [-0.3, -0.25) is 4.79 Å². The van der Waals surface area contributed by atoms with E-state index in [1.165, 1.54) is 6.92 Å². The van der Waals surface area contributed by atoms with E-state index in [1.54, 1.807) is 0 Å². The van der Waals surface area contributed by atoms with Gasteiger partial charge in [0.15, 0.2) is 0 Å². The molecule has 2 nitrogen and oxygen atoms in total. The molecule has 0 aliphatic rings. The zero-order valence-electron chi connectivity index (χ0n) is 9.67. The summed E-state index contributed by atoms with van der Waals surface area (Å²) in [5, 5.41) is 0. The standard InChI is InChI=1S/C14H13BO2/c1-12(16)17-15(13-8-4-2-5-9-13)14-10-6-3-7-11-14/h2-11H,1H3. The van der Waals surface area contributed by atoms with Gasteiger partial charge in [-0.25, -0.2) is 0 Å². The SMILES string of the molecule is CC(=O)OB(c1ccccc1)c1ccccc1. The molecule has 0 aliphatic carbocycles. The summed E-state index contributed by atoms with van der Waals surface area (Å²) in [4.78, 5) is 11.2. The molecule has 0 spiro atoms. The van der Waals surface area contributed by atoms with E-state index in [0.717, 1.165) is 10.9 Å². The van der Waals surface area contributed by atoms with Crippen LogP contribution in [0.2, 0.25) is 0 Å². The van der Waals surface area contributed by atoms with Crippen molar-refractivity contribution < 1.29 is 9.45 Å². The second-order valence-electron chi connectivity index (χ2n) is 3.81. The van der Waals surface area contributed by atoms with Gasteiger partial charge in [0.05, 0.1) is 0 Å². The Morgan fingerprint density at radius 3 is 1.65 bits per heavy atom. The van der Waals surface area contributed by atoms with Crippen LogP contribution in [-0.2, 0) is 9.45 Å². The van der Waals surface area contributed by atoms with Gasteiger partial charge in [0.25, 0.3) is 5.97 Å². The van der Waals surface area contributed by atoms with Crippen molar-refractivity contribution in [2.24, 2.45) is 0 Å². The number of hydrogen-bond donors (Lipinski definition) is 0. The molecule has 2 rings (SSSR count). The predicted molar refractivity (Wildman–Crippen MR) is 69.7 cm³/mol. The summed E-state index contributed by atoms with van der Waals surface area (Å²) in [6, 6.07) is 19.5. The molecule has 0 saturated carbocycles. The first-order valence-electron chi connectivity index (χ1n) is 5.54. The van der Waals surface area contributed by atoms with Crippen LogP contribution in [0.3, 0.4) is 0 Å². The number of hydrogen-bond acceptors (Lipinski definition) is 2. The highest BCUT2D eigenvalue weighted by atomic mass is 16.5. The van der Waals surface area contributed by atoms with E-state index < -0.39 is 0 Å². The Morgan fingerprint density at radius 2 is 1.29 bits per heavy atom. The average molecular weight is 224 g/mol. The van der Waals surface area contributed by atoms with E-state index in [4.69, 9.17) is 4.65 Å². The zero-order valence-corrected chi connectivity index (χ0v) is 9.67. The average Bonchev–Trinajstić information content (AvgIpc) is 2.38. The predicted octanol–water partition coefficient (Wildman–Crippen LogP) is 1.36. The highest BCUT2D eigenvalue weighted by molar-refractivity contribution is 6.81. The van der Waals surface area contributed by atoms with Crippen LogP contribution in [0.4, 0.5) is 0 Å².